The number of H-pyrrole nitrogens is 1. The first-order valence-corrected chi connectivity index (χ1v) is 5.40. The summed E-state index contributed by atoms with van der Waals surface area (Å²) in [6, 6.07) is 2.56. The second-order valence-corrected chi connectivity index (χ2v) is 4.12. The molecule has 0 spiro atoms. The van der Waals surface area contributed by atoms with E-state index in [2.05, 4.69) is 4.98 Å². The summed E-state index contributed by atoms with van der Waals surface area (Å²) < 4.78 is 1.06. The molecule has 0 radical (unpaired) electrons. The number of nitrogens with one attached hydrogen (secondary N) is 1. The van der Waals surface area contributed by atoms with E-state index in [9.17, 15) is 9.59 Å². The van der Waals surface area contributed by atoms with E-state index in [1.165, 1.54) is 12.3 Å². The number of aromatic carboxylic acids is 2. The van der Waals surface area contributed by atoms with Crippen LogP contribution in [0.3, 0.4) is 0 Å². The summed E-state index contributed by atoms with van der Waals surface area (Å²) in [6.45, 7) is 0. The van der Waals surface area contributed by atoms with E-state index in [0.717, 1.165) is 10.6 Å². The zero-order valence-electron chi connectivity index (χ0n) is 8.65. The third-order valence-corrected chi connectivity index (χ3v) is 3.05. The quantitative estimate of drug-likeness (QED) is 0.809. The third-order valence-electron chi connectivity index (χ3n) is 2.30. The van der Waals surface area contributed by atoms with Crippen LogP contribution in [0, 0.1) is 0 Å². The number of rotatable bonds is 3. The van der Waals surface area contributed by atoms with Gasteiger partial charge in [0.25, 0.3) is 0 Å². The van der Waals surface area contributed by atoms with Gasteiger partial charge in [0.2, 0.25) is 0 Å². The lowest BCUT2D eigenvalue weighted by molar-refractivity contribution is 0.0673. The fourth-order valence-electron chi connectivity index (χ4n) is 1.57. The van der Waals surface area contributed by atoms with Gasteiger partial charge in [-0.3, -0.25) is 4.57 Å². The van der Waals surface area contributed by atoms with E-state index in [1.54, 1.807) is 0 Å². The molecule has 2 aromatic heterocycles. The van der Waals surface area contributed by atoms with Gasteiger partial charge in [-0.1, -0.05) is 23.2 Å². The van der Waals surface area contributed by atoms with Crippen LogP contribution in [-0.4, -0.2) is 31.7 Å². The molecule has 0 bridgehead atoms. The number of aromatic amines is 1. The first-order valence-electron chi connectivity index (χ1n) is 4.64. The molecule has 0 aliphatic carbocycles. The van der Waals surface area contributed by atoms with Gasteiger partial charge in [-0.15, -0.1) is 0 Å². The SMILES string of the molecule is O=C(O)c1[nH]ccc1-n1c(C(=O)O)cc(Cl)c1Cl. The molecule has 0 aromatic carbocycles. The highest BCUT2D eigenvalue weighted by Gasteiger charge is 2.23. The van der Waals surface area contributed by atoms with Crippen molar-refractivity contribution >= 4 is 35.1 Å². The number of hydrogen-bond donors (Lipinski definition) is 3. The highest BCUT2D eigenvalue weighted by atomic mass is 35.5. The highest BCUT2D eigenvalue weighted by Crippen LogP contribution is 2.31. The standard InChI is InChI=1S/C10H6Cl2N2O4/c11-4-3-6(9(15)16)14(8(4)12)5-1-2-13-7(5)10(17)18/h1-3,13H,(H,15,16)(H,17,18). The Hall–Kier alpha value is -1.92. The van der Waals surface area contributed by atoms with Crippen LogP contribution in [0.5, 0.6) is 0 Å². The predicted molar refractivity (Wildman–Crippen MR) is 64.1 cm³/mol. The lowest BCUT2D eigenvalue weighted by atomic mass is 10.3. The molecule has 2 rings (SSSR count). The molecule has 2 heterocycles. The van der Waals surface area contributed by atoms with Gasteiger partial charge in [0.15, 0.2) is 0 Å². The first-order chi connectivity index (χ1) is 8.43. The normalized spacial score (nSPS) is 10.6. The minimum Gasteiger partial charge on any atom is -0.477 e. The summed E-state index contributed by atoms with van der Waals surface area (Å²) in [5.74, 6) is -2.49. The number of carbonyl (C=O) groups is 2. The largest absolute Gasteiger partial charge is 0.477 e. The molecule has 18 heavy (non-hydrogen) atoms. The fourth-order valence-corrected chi connectivity index (χ4v) is 1.99. The second-order valence-electron chi connectivity index (χ2n) is 3.35. The molecule has 0 aliphatic rings. The van der Waals surface area contributed by atoms with Gasteiger partial charge < -0.3 is 15.2 Å². The number of hydrogen-bond acceptors (Lipinski definition) is 2. The van der Waals surface area contributed by atoms with Crippen molar-refractivity contribution in [2.75, 3.05) is 0 Å². The van der Waals surface area contributed by atoms with Gasteiger partial charge in [0, 0.05) is 6.20 Å². The van der Waals surface area contributed by atoms with E-state index in [4.69, 9.17) is 33.4 Å². The Labute approximate surface area is 110 Å². The van der Waals surface area contributed by atoms with Crippen molar-refractivity contribution in [1.29, 1.82) is 0 Å². The van der Waals surface area contributed by atoms with E-state index in [1.807, 2.05) is 0 Å². The Morgan fingerprint density at radius 2 is 1.89 bits per heavy atom. The third kappa shape index (κ3) is 1.85. The van der Waals surface area contributed by atoms with Crippen molar-refractivity contribution in [2.45, 2.75) is 0 Å². The number of carboxylic acids is 2. The molecule has 0 fully saturated rings. The minimum atomic E-state index is -1.26. The molecule has 3 N–H and O–H groups in total. The molecule has 6 nitrogen and oxygen atoms in total. The van der Waals surface area contributed by atoms with Gasteiger partial charge in [0.05, 0.1) is 10.7 Å². The minimum absolute atomic E-state index is 0.0339. The maximum atomic E-state index is 11.1. The van der Waals surface area contributed by atoms with E-state index in [0.29, 0.717) is 0 Å². The Morgan fingerprint density at radius 3 is 2.44 bits per heavy atom. The first kappa shape index (κ1) is 12.5. The van der Waals surface area contributed by atoms with Gasteiger partial charge in [-0.05, 0) is 12.1 Å². The molecule has 0 saturated heterocycles. The fraction of sp³-hybridized carbons (Fsp3) is 0. The van der Waals surface area contributed by atoms with Crippen LogP contribution in [0.25, 0.3) is 5.69 Å². The molecule has 0 aliphatic heterocycles. The molecular formula is C10H6Cl2N2O4. The highest BCUT2D eigenvalue weighted by molar-refractivity contribution is 6.42. The average Bonchev–Trinajstić information content (AvgIpc) is 2.85. The number of aromatic nitrogens is 2. The molecule has 0 saturated carbocycles. The van der Waals surface area contributed by atoms with Crippen molar-refractivity contribution in [3.8, 4) is 5.69 Å². The number of halogens is 2. The van der Waals surface area contributed by atoms with Crippen LogP contribution < -0.4 is 0 Å². The Balaban J connectivity index is 2.74. The number of nitrogens with zero attached hydrogens (tertiary/aromatic N) is 1. The van der Waals surface area contributed by atoms with Crippen molar-refractivity contribution in [1.82, 2.24) is 9.55 Å². The van der Waals surface area contributed by atoms with Crippen LogP contribution in [0.1, 0.15) is 21.0 Å². The Bertz CT molecular complexity index is 644. The van der Waals surface area contributed by atoms with Crippen LogP contribution in [0.2, 0.25) is 10.2 Å². The predicted octanol–water partition coefficient (Wildman–Crippen LogP) is 2.51. The Morgan fingerprint density at radius 1 is 1.22 bits per heavy atom. The van der Waals surface area contributed by atoms with E-state index < -0.39 is 11.9 Å². The number of carboxylic acid groups (broad SMARTS) is 2. The van der Waals surface area contributed by atoms with Crippen molar-refractivity contribution < 1.29 is 19.8 Å². The van der Waals surface area contributed by atoms with Gasteiger partial charge in [0.1, 0.15) is 16.5 Å². The maximum absolute atomic E-state index is 11.1. The summed E-state index contributed by atoms with van der Waals surface area (Å²) >= 11 is 11.6. The topological polar surface area (TPSA) is 95.3 Å². The van der Waals surface area contributed by atoms with Crippen LogP contribution in [-0.2, 0) is 0 Å². The lowest BCUT2D eigenvalue weighted by Crippen LogP contribution is -2.10. The van der Waals surface area contributed by atoms with E-state index in [-0.39, 0.29) is 27.3 Å². The summed E-state index contributed by atoms with van der Waals surface area (Å²) in [5, 5.41) is 18.0. The van der Waals surface area contributed by atoms with Crippen LogP contribution in [0.4, 0.5) is 0 Å². The van der Waals surface area contributed by atoms with Crippen molar-refractivity contribution in [3.05, 3.63) is 39.9 Å². The van der Waals surface area contributed by atoms with Gasteiger partial charge in [-0.2, -0.15) is 0 Å². The van der Waals surface area contributed by atoms with Crippen molar-refractivity contribution in [3.63, 3.8) is 0 Å². The zero-order chi connectivity index (χ0) is 13.4. The summed E-state index contributed by atoms with van der Waals surface area (Å²) in [5.41, 5.74) is -0.282. The second kappa shape index (κ2) is 4.40. The molecule has 8 heteroatoms. The zero-order valence-corrected chi connectivity index (χ0v) is 10.2. The Kier molecular flexibility index (Phi) is 3.06. The van der Waals surface area contributed by atoms with Gasteiger partial charge in [-0.25, -0.2) is 9.59 Å². The molecule has 2 aromatic rings. The van der Waals surface area contributed by atoms with Crippen LogP contribution >= 0.6 is 23.2 Å². The molecule has 0 amide bonds. The summed E-state index contributed by atoms with van der Waals surface area (Å²) in [6.07, 6.45) is 1.37. The molecular weight excluding hydrogens is 283 g/mol. The monoisotopic (exact) mass is 288 g/mol. The van der Waals surface area contributed by atoms with E-state index >= 15 is 0 Å². The van der Waals surface area contributed by atoms with Crippen molar-refractivity contribution in [2.24, 2.45) is 0 Å². The summed E-state index contributed by atoms with van der Waals surface area (Å²) in [4.78, 5) is 24.5. The van der Waals surface area contributed by atoms with Gasteiger partial charge >= 0.3 is 11.9 Å². The van der Waals surface area contributed by atoms with Crippen LogP contribution in [0.15, 0.2) is 18.3 Å². The molecule has 0 unspecified atom stereocenters. The maximum Gasteiger partial charge on any atom is 0.354 e. The summed E-state index contributed by atoms with van der Waals surface area (Å²) in [7, 11) is 0. The molecule has 0 atom stereocenters. The molecule has 94 valence electrons. The average molecular weight is 289 g/mol. The smallest absolute Gasteiger partial charge is 0.354 e. The lowest BCUT2D eigenvalue weighted by Gasteiger charge is -2.07.